The van der Waals surface area contributed by atoms with Gasteiger partial charge in [0.15, 0.2) is 5.76 Å². The number of aliphatic hydroxyl groups excluding tert-OH is 1. The smallest absolute Gasteiger partial charge is 0.159 e. The highest BCUT2D eigenvalue weighted by Crippen LogP contribution is 2.12. The Morgan fingerprint density at radius 2 is 2.08 bits per heavy atom. The summed E-state index contributed by atoms with van der Waals surface area (Å²) in [6, 6.07) is 0. The molecular weight excluding hydrogens is 164 g/mol. The van der Waals surface area contributed by atoms with Gasteiger partial charge in [0.2, 0.25) is 0 Å². The zero-order chi connectivity index (χ0) is 10.3. The molecule has 13 heavy (non-hydrogen) atoms. The van der Waals surface area contributed by atoms with Crippen LogP contribution >= 0.6 is 0 Å². The summed E-state index contributed by atoms with van der Waals surface area (Å²) >= 11 is 0. The monoisotopic (exact) mass is 178 g/mol. The van der Waals surface area contributed by atoms with Crippen molar-refractivity contribution in [1.29, 1.82) is 0 Å². The fourth-order valence-corrected chi connectivity index (χ4v) is 0.723. The predicted molar refractivity (Wildman–Crippen MR) is 57.6 cm³/mol. The molecule has 0 rings (SSSR count). The Kier molecular flexibility index (Phi) is 5.19. The molecular formula is C10H14N2O. The van der Waals surface area contributed by atoms with Crippen molar-refractivity contribution in [2.75, 3.05) is 7.05 Å². The number of allylic oxidation sites excluding steroid dienone is 2. The van der Waals surface area contributed by atoms with E-state index in [-0.39, 0.29) is 5.76 Å². The Bertz CT molecular complexity index is 285. The molecule has 0 unspecified atom stereocenters. The number of aliphatic hydroxyl groups is 1. The van der Waals surface area contributed by atoms with Crippen molar-refractivity contribution in [3.05, 3.63) is 36.3 Å². The second-order valence-electron chi connectivity index (χ2n) is 2.24. The molecule has 3 nitrogen and oxygen atoms in total. The van der Waals surface area contributed by atoms with Gasteiger partial charge in [-0.2, -0.15) is 0 Å². The Hall–Kier alpha value is -1.64. The van der Waals surface area contributed by atoms with Crippen molar-refractivity contribution in [3.63, 3.8) is 0 Å². The highest BCUT2D eigenvalue weighted by atomic mass is 16.3. The molecule has 3 heteroatoms. The van der Waals surface area contributed by atoms with Gasteiger partial charge < -0.3 is 5.11 Å². The minimum absolute atomic E-state index is 0.00880. The second-order valence-corrected chi connectivity index (χ2v) is 2.24. The van der Waals surface area contributed by atoms with Gasteiger partial charge in [0.1, 0.15) is 5.70 Å². The average molecular weight is 178 g/mol. The first kappa shape index (κ1) is 11.4. The van der Waals surface area contributed by atoms with Gasteiger partial charge >= 0.3 is 0 Å². The van der Waals surface area contributed by atoms with Crippen LogP contribution in [0, 0.1) is 0 Å². The molecule has 0 saturated carbocycles. The van der Waals surface area contributed by atoms with Crippen LogP contribution in [-0.4, -0.2) is 24.6 Å². The summed E-state index contributed by atoms with van der Waals surface area (Å²) < 4.78 is 0. The van der Waals surface area contributed by atoms with Crippen LogP contribution in [0.2, 0.25) is 0 Å². The molecule has 0 atom stereocenters. The molecule has 0 aliphatic heterocycles. The standard InChI is InChI=1S/C10H14N2O/c1-5-8(3)10(12-6-2)9(13)7-11-4/h5-7,13H,1,3H2,2,4H3/b10-9-,11-7?,12-6?. The maximum atomic E-state index is 9.45. The summed E-state index contributed by atoms with van der Waals surface area (Å²) in [6.45, 7) is 8.98. The van der Waals surface area contributed by atoms with Gasteiger partial charge in [0, 0.05) is 13.3 Å². The SMILES string of the molecule is C=CC(=C)/C(N=CC)=C(/O)C=NC. The summed E-state index contributed by atoms with van der Waals surface area (Å²) in [7, 11) is 1.57. The van der Waals surface area contributed by atoms with Crippen molar-refractivity contribution in [2.24, 2.45) is 9.98 Å². The van der Waals surface area contributed by atoms with E-state index in [9.17, 15) is 5.11 Å². The van der Waals surface area contributed by atoms with Crippen molar-refractivity contribution in [3.8, 4) is 0 Å². The molecule has 0 bridgehead atoms. The minimum Gasteiger partial charge on any atom is -0.504 e. The van der Waals surface area contributed by atoms with Crippen LogP contribution in [0.5, 0.6) is 0 Å². The zero-order valence-electron chi connectivity index (χ0n) is 7.99. The first-order valence-corrected chi connectivity index (χ1v) is 3.83. The highest BCUT2D eigenvalue weighted by molar-refractivity contribution is 5.78. The van der Waals surface area contributed by atoms with Crippen LogP contribution in [0.1, 0.15) is 6.92 Å². The molecule has 0 amide bonds. The number of hydrogen-bond donors (Lipinski definition) is 1. The van der Waals surface area contributed by atoms with E-state index in [0.717, 1.165) is 0 Å². The van der Waals surface area contributed by atoms with E-state index in [0.29, 0.717) is 11.3 Å². The van der Waals surface area contributed by atoms with Crippen molar-refractivity contribution in [2.45, 2.75) is 6.92 Å². The quantitative estimate of drug-likeness (QED) is 0.400. The van der Waals surface area contributed by atoms with Gasteiger partial charge in [-0.25, -0.2) is 0 Å². The Balaban J connectivity index is 5.09. The third-order valence-corrected chi connectivity index (χ3v) is 1.30. The fourth-order valence-electron chi connectivity index (χ4n) is 0.723. The zero-order valence-corrected chi connectivity index (χ0v) is 7.99. The van der Waals surface area contributed by atoms with E-state index in [2.05, 4.69) is 23.1 Å². The van der Waals surface area contributed by atoms with Gasteiger partial charge in [-0.3, -0.25) is 9.98 Å². The first-order chi connectivity index (χ1) is 6.17. The van der Waals surface area contributed by atoms with Crippen molar-refractivity contribution >= 4 is 12.4 Å². The van der Waals surface area contributed by atoms with Gasteiger partial charge in [0.25, 0.3) is 0 Å². The average Bonchev–Trinajstić information content (AvgIpc) is 2.13. The summed E-state index contributed by atoms with van der Waals surface area (Å²) in [5, 5.41) is 9.45. The number of aliphatic imine (C=N–C) groups is 2. The van der Waals surface area contributed by atoms with Crippen LogP contribution in [0.15, 0.2) is 46.2 Å². The molecule has 1 N–H and O–H groups in total. The van der Waals surface area contributed by atoms with Gasteiger partial charge in [-0.15, -0.1) is 0 Å². The van der Waals surface area contributed by atoms with Crippen LogP contribution in [0.4, 0.5) is 0 Å². The highest BCUT2D eigenvalue weighted by Gasteiger charge is 2.02. The molecule has 0 aromatic carbocycles. The van der Waals surface area contributed by atoms with Crippen molar-refractivity contribution in [1.82, 2.24) is 0 Å². The number of hydrogen-bond acceptors (Lipinski definition) is 3. The van der Waals surface area contributed by atoms with Gasteiger partial charge in [0.05, 0.1) is 6.21 Å². The van der Waals surface area contributed by atoms with Crippen molar-refractivity contribution < 1.29 is 5.11 Å². The van der Waals surface area contributed by atoms with E-state index in [4.69, 9.17) is 0 Å². The first-order valence-electron chi connectivity index (χ1n) is 3.83. The lowest BCUT2D eigenvalue weighted by Gasteiger charge is -2.01. The normalized spacial score (nSPS) is 13.4. The largest absolute Gasteiger partial charge is 0.504 e. The molecule has 0 spiro atoms. The van der Waals surface area contributed by atoms with E-state index in [1.54, 1.807) is 20.2 Å². The van der Waals surface area contributed by atoms with Gasteiger partial charge in [-0.1, -0.05) is 19.2 Å². The molecule has 0 aromatic rings. The molecule has 0 heterocycles. The Labute approximate surface area is 78.5 Å². The summed E-state index contributed by atoms with van der Waals surface area (Å²) in [4.78, 5) is 7.63. The van der Waals surface area contributed by atoms with E-state index in [1.807, 2.05) is 0 Å². The van der Waals surface area contributed by atoms with Crippen LogP contribution in [0.3, 0.4) is 0 Å². The molecule has 0 aliphatic rings. The molecule has 0 radical (unpaired) electrons. The third kappa shape index (κ3) is 3.51. The lowest BCUT2D eigenvalue weighted by atomic mass is 10.2. The Morgan fingerprint density at radius 1 is 1.46 bits per heavy atom. The van der Waals surface area contributed by atoms with Crippen LogP contribution in [0.25, 0.3) is 0 Å². The minimum atomic E-state index is -0.00880. The molecule has 0 saturated heterocycles. The maximum absolute atomic E-state index is 9.45. The third-order valence-electron chi connectivity index (χ3n) is 1.30. The molecule has 0 aromatic heterocycles. The maximum Gasteiger partial charge on any atom is 0.159 e. The van der Waals surface area contributed by atoms with E-state index >= 15 is 0 Å². The molecule has 0 aliphatic carbocycles. The van der Waals surface area contributed by atoms with E-state index < -0.39 is 0 Å². The van der Waals surface area contributed by atoms with Crippen LogP contribution < -0.4 is 0 Å². The number of nitrogens with zero attached hydrogens (tertiary/aromatic N) is 2. The topological polar surface area (TPSA) is 45.0 Å². The second kappa shape index (κ2) is 5.94. The summed E-state index contributed by atoms with van der Waals surface area (Å²) in [6.07, 6.45) is 4.42. The predicted octanol–water partition coefficient (Wildman–Crippen LogP) is 2.29. The lowest BCUT2D eigenvalue weighted by Crippen LogP contribution is -1.92. The fraction of sp³-hybridized carbons (Fsp3) is 0.200. The molecule has 70 valence electrons. The molecule has 0 fully saturated rings. The Morgan fingerprint density at radius 3 is 2.46 bits per heavy atom. The lowest BCUT2D eigenvalue weighted by molar-refractivity contribution is 0.440. The van der Waals surface area contributed by atoms with Crippen LogP contribution in [-0.2, 0) is 0 Å². The van der Waals surface area contributed by atoms with E-state index in [1.165, 1.54) is 12.3 Å². The summed E-state index contributed by atoms with van der Waals surface area (Å²) in [5.74, 6) is -0.00880. The van der Waals surface area contributed by atoms with Gasteiger partial charge in [-0.05, 0) is 12.5 Å². The summed E-state index contributed by atoms with van der Waals surface area (Å²) in [5.41, 5.74) is 0.957. The number of rotatable bonds is 4.